The maximum atomic E-state index is 13.5. The third-order valence-corrected chi connectivity index (χ3v) is 3.43. The van der Waals surface area contributed by atoms with Crippen LogP contribution in [0, 0.1) is 17.5 Å². The first kappa shape index (κ1) is 15.5. The van der Waals surface area contributed by atoms with Crippen molar-refractivity contribution in [2.24, 2.45) is 0 Å². The largest absolute Gasteiger partial charge is 0.370 e. The highest BCUT2D eigenvalue weighted by Crippen LogP contribution is 2.26. The second kappa shape index (κ2) is 6.37. The molecule has 1 aromatic heterocycles. The summed E-state index contributed by atoms with van der Waals surface area (Å²) in [5, 5.41) is 8.85. The molecule has 2 heterocycles. The van der Waals surface area contributed by atoms with E-state index in [2.05, 4.69) is 20.5 Å². The number of halogens is 3. The van der Waals surface area contributed by atoms with Gasteiger partial charge >= 0.3 is 0 Å². The van der Waals surface area contributed by atoms with Crippen LogP contribution in [0.3, 0.4) is 0 Å². The first-order valence-electron chi connectivity index (χ1n) is 7.00. The van der Waals surface area contributed by atoms with Gasteiger partial charge in [0, 0.05) is 18.2 Å². The van der Waals surface area contributed by atoms with Gasteiger partial charge in [-0.15, -0.1) is 5.10 Å². The average molecular weight is 326 g/mol. The normalized spacial score (nSPS) is 17.4. The van der Waals surface area contributed by atoms with Crippen molar-refractivity contribution >= 4 is 11.9 Å². The lowest BCUT2D eigenvalue weighted by atomic mass is 10.1. The minimum atomic E-state index is -1.30. The fraction of sp³-hybridized carbons (Fsp3) is 0.357. The zero-order chi connectivity index (χ0) is 16.4. The minimum absolute atomic E-state index is 0.0171. The summed E-state index contributed by atoms with van der Waals surface area (Å²) in [6, 6.07) is 1.06. The van der Waals surface area contributed by atoms with Crippen LogP contribution >= 0.6 is 0 Å². The van der Waals surface area contributed by atoms with Gasteiger partial charge in [-0.3, -0.25) is 15.2 Å². The van der Waals surface area contributed by atoms with Gasteiger partial charge in [0.2, 0.25) is 11.9 Å². The number of nitrogens with one attached hydrogen (secondary N) is 2. The van der Waals surface area contributed by atoms with Crippen LogP contribution in [-0.4, -0.2) is 27.7 Å². The maximum absolute atomic E-state index is 13.5. The first-order chi connectivity index (χ1) is 11.0. The molecule has 1 aliphatic heterocycles. The molecule has 0 radical (unpaired) electrons. The number of nitrogens with zero attached hydrogens (tertiary/aromatic N) is 2. The molecule has 0 saturated carbocycles. The number of H-pyrrole nitrogens is 1. The van der Waals surface area contributed by atoms with Gasteiger partial charge in [0.15, 0.2) is 17.5 Å². The Labute approximate surface area is 129 Å². The fourth-order valence-electron chi connectivity index (χ4n) is 2.31. The van der Waals surface area contributed by atoms with Gasteiger partial charge < -0.3 is 4.74 Å². The SMILES string of the molecule is O=C(Cc1cc(F)c(F)cc1F)Nc1n[nH]c([C@@H]2CCCO2)n1. The third kappa shape index (κ3) is 3.50. The van der Waals surface area contributed by atoms with Gasteiger partial charge in [-0.1, -0.05) is 0 Å². The molecule has 0 aliphatic carbocycles. The molecule has 3 rings (SSSR count). The molecule has 1 fully saturated rings. The monoisotopic (exact) mass is 326 g/mol. The Morgan fingerprint density at radius 1 is 1.30 bits per heavy atom. The summed E-state index contributed by atoms with van der Waals surface area (Å²) in [5.74, 6) is -3.64. The summed E-state index contributed by atoms with van der Waals surface area (Å²) in [6.45, 7) is 0.641. The standard InChI is InChI=1S/C14H13F3N4O2/c15-8-6-10(17)9(16)4-7(8)5-12(22)18-14-19-13(20-21-14)11-2-1-3-23-11/h4,6,11H,1-3,5H2,(H2,18,19,20,21,22)/t11-/m0/s1. The van der Waals surface area contributed by atoms with Crippen LogP contribution in [0.25, 0.3) is 0 Å². The topological polar surface area (TPSA) is 79.9 Å². The van der Waals surface area contributed by atoms with Crippen molar-refractivity contribution < 1.29 is 22.7 Å². The molecular weight excluding hydrogens is 313 g/mol. The molecule has 1 atom stereocenters. The lowest BCUT2D eigenvalue weighted by Gasteiger charge is -2.04. The Morgan fingerprint density at radius 2 is 2.09 bits per heavy atom. The van der Waals surface area contributed by atoms with Gasteiger partial charge in [0.1, 0.15) is 11.9 Å². The lowest BCUT2D eigenvalue weighted by Crippen LogP contribution is -2.16. The summed E-state index contributed by atoms with van der Waals surface area (Å²) >= 11 is 0. The summed E-state index contributed by atoms with van der Waals surface area (Å²) in [6.07, 6.45) is 1.08. The van der Waals surface area contributed by atoms with E-state index in [1.54, 1.807) is 0 Å². The number of ether oxygens (including phenoxy) is 1. The number of hydrogen-bond donors (Lipinski definition) is 2. The van der Waals surface area contributed by atoms with E-state index in [-0.39, 0.29) is 17.6 Å². The highest BCUT2D eigenvalue weighted by molar-refractivity contribution is 5.90. The van der Waals surface area contributed by atoms with Gasteiger partial charge in [-0.2, -0.15) is 4.98 Å². The average Bonchev–Trinajstić information content (AvgIpc) is 3.15. The minimum Gasteiger partial charge on any atom is -0.370 e. The Bertz CT molecular complexity index is 729. The number of rotatable bonds is 4. The Balaban J connectivity index is 1.64. The number of amides is 1. The van der Waals surface area contributed by atoms with E-state index in [0.29, 0.717) is 24.6 Å². The van der Waals surface area contributed by atoms with Crippen LogP contribution in [0.2, 0.25) is 0 Å². The third-order valence-electron chi connectivity index (χ3n) is 3.43. The predicted octanol–water partition coefficient (Wildman–Crippen LogP) is 2.25. The maximum Gasteiger partial charge on any atom is 0.248 e. The van der Waals surface area contributed by atoms with E-state index in [4.69, 9.17) is 4.74 Å². The van der Waals surface area contributed by atoms with Crippen LogP contribution in [0.4, 0.5) is 19.1 Å². The smallest absolute Gasteiger partial charge is 0.248 e. The van der Waals surface area contributed by atoms with Crippen LogP contribution in [-0.2, 0) is 16.0 Å². The highest BCUT2D eigenvalue weighted by Gasteiger charge is 2.22. The number of anilines is 1. The molecule has 0 bridgehead atoms. The Morgan fingerprint density at radius 3 is 2.83 bits per heavy atom. The van der Waals surface area contributed by atoms with Crippen molar-refractivity contribution in [3.63, 3.8) is 0 Å². The second-order valence-corrected chi connectivity index (χ2v) is 5.13. The second-order valence-electron chi connectivity index (χ2n) is 5.13. The lowest BCUT2D eigenvalue weighted by molar-refractivity contribution is -0.115. The van der Waals surface area contributed by atoms with Crippen molar-refractivity contribution in [1.82, 2.24) is 15.2 Å². The molecule has 9 heteroatoms. The van der Waals surface area contributed by atoms with E-state index in [9.17, 15) is 18.0 Å². The van der Waals surface area contributed by atoms with E-state index in [1.807, 2.05) is 0 Å². The summed E-state index contributed by atoms with van der Waals surface area (Å²) in [4.78, 5) is 15.9. The van der Waals surface area contributed by atoms with Crippen molar-refractivity contribution in [3.05, 3.63) is 41.0 Å². The molecule has 1 amide bonds. The van der Waals surface area contributed by atoms with E-state index >= 15 is 0 Å². The Kier molecular flexibility index (Phi) is 4.28. The van der Waals surface area contributed by atoms with E-state index < -0.39 is 29.8 Å². The summed E-state index contributed by atoms with van der Waals surface area (Å²) < 4.78 is 44.9. The Hall–Kier alpha value is -2.42. The molecule has 1 aliphatic rings. The quantitative estimate of drug-likeness (QED) is 0.845. The zero-order valence-electron chi connectivity index (χ0n) is 11.9. The molecule has 2 aromatic rings. The molecule has 0 unspecified atom stereocenters. The molecule has 0 spiro atoms. The fourth-order valence-corrected chi connectivity index (χ4v) is 2.31. The molecular formula is C14H13F3N4O2. The van der Waals surface area contributed by atoms with Crippen LogP contribution in [0.1, 0.15) is 30.3 Å². The molecule has 23 heavy (non-hydrogen) atoms. The molecule has 1 aromatic carbocycles. The van der Waals surface area contributed by atoms with Crippen molar-refractivity contribution in [3.8, 4) is 0 Å². The number of carbonyl (C=O) groups is 1. The van der Waals surface area contributed by atoms with Gasteiger partial charge in [0.25, 0.3) is 0 Å². The van der Waals surface area contributed by atoms with Gasteiger partial charge in [-0.25, -0.2) is 13.2 Å². The number of hydrogen-bond acceptors (Lipinski definition) is 4. The van der Waals surface area contributed by atoms with Crippen molar-refractivity contribution in [1.29, 1.82) is 0 Å². The van der Waals surface area contributed by atoms with Crippen molar-refractivity contribution in [2.45, 2.75) is 25.4 Å². The number of carbonyl (C=O) groups excluding carboxylic acids is 1. The molecule has 2 N–H and O–H groups in total. The van der Waals surface area contributed by atoms with E-state index in [1.165, 1.54) is 0 Å². The zero-order valence-corrected chi connectivity index (χ0v) is 11.9. The van der Waals surface area contributed by atoms with Crippen LogP contribution < -0.4 is 5.32 Å². The van der Waals surface area contributed by atoms with Crippen LogP contribution in [0.5, 0.6) is 0 Å². The summed E-state index contributed by atoms with van der Waals surface area (Å²) in [7, 11) is 0. The number of aromatic amines is 1. The number of aromatic nitrogens is 3. The van der Waals surface area contributed by atoms with Crippen molar-refractivity contribution in [2.75, 3.05) is 11.9 Å². The van der Waals surface area contributed by atoms with Gasteiger partial charge in [-0.05, 0) is 18.9 Å². The summed E-state index contributed by atoms with van der Waals surface area (Å²) in [5.41, 5.74) is -0.253. The van der Waals surface area contributed by atoms with Crippen LogP contribution in [0.15, 0.2) is 12.1 Å². The van der Waals surface area contributed by atoms with Gasteiger partial charge in [0.05, 0.1) is 6.42 Å². The predicted molar refractivity (Wildman–Crippen MR) is 73.0 cm³/mol. The molecule has 122 valence electrons. The highest BCUT2D eigenvalue weighted by atomic mass is 19.2. The first-order valence-corrected chi connectivity index (χ1v) is 7.00. The molecule has 6 nitrogen and oxygen atoms in total. The number of benzene rings is 1. The van der Waals surface area contributed by atoms with E-state index in [0.717, 1.165) is 12.8 Å². The molecule has 1 saturated heterocycles.